The molecule has 1 heterocycles. The zero-order valence-corrected chi connectivity index (χ0v) is 6.74. The minimum Gasteiger partial charge on any atom is -0.360 e. The van der Waals surface area contributed by atoms with Gasteiger partial charge in [0.05, 0.1) is 6.07 Å². The molecule has 2 rings (SSSR count). The fourth-order valence-corrected chi connectivity index (χ4v) is 1.05. The van der Waals surface area contributed by atoms with Crippen LogP contribution in [0.2, 0.25) is 0 Å². The van der Waals surface area contributed by atoms with Crippen LogP contribution in [0, 0.1) is 13.0 Å². The number of rotatable bonds is 1. The zero-order chi connectivity index (χ0) is 8.39. The van der Waals surface area contributed by atoms with Crippen LogP contribution < -0.4 is 0 Å². The monoisotopic (exact) mass is 158 g/mol. The van der Waals surface area contributed by atoms with Gasteiger partial charge in [-0.15, -0.1) is 0 Å². The highest BCUT2D eigenvalue weighted by Gasteiger charge is 2.01. The number of benzene rings is 1. The summed E-state index contributed by atoms with van der Waals surface area (Å²) in [5.74, 6) is 0.717. The molecule has 0 aliphatic heterocycles. The van der Waals surface area contributed by atoms with Crippen molar-refractivity contribution in [2.75, 3.05) is 0 Å². The minimum absolute atomic E-state index is 0.717. The molecule has 1 aromatic carbocycles. The lowest BCUT2D eigenvalue weighted by Crippen LogP contribution is -1.73. The molecule has 1 radical (unpaired) electrons. The largest absolute Gasteiger partial charge is 0.360 e. The van der Waals surface area contributed by atoms with E-state index in [-0.39, 0.29) is 0 Å². The molecule has 59 valence electrons. The lowest BCUT2D eigenvalue weighted by Gasteiger charge is -1.90. The van der Waals surface area contributed by atoms with Gasteiger partial charge in [-0.3, -0.25) is 0 Å². The fourth-order valence-electron chi connectivity index (χ4n) is 1.05. The van der Waals surface area contributed by atoms with Crippen molar-refractivity contribution in [1.82, 2.24) is 5.16 Å². The van der Waals surface area contributed by atoms with Crippen LogP contribution in [0.5, 0.6) is 0 Å². The van der Waals surface area contributed by atoms with Crippen molar-refractivity contribution >= 4 is 0 Å². The Morgan fingerprint density at radius 3 is 2.58 bits per heavy atom. The number of aryl methyl sites for hydroxylation is 1. The zero-order valence-electron chi connectivity index (χ0n) is 6.74. The predicted molar refractivity (Wildman–Crippen MR) is 45.5 cm³/mol. The smallest absolute Gasteiger partial charge is 0.142 e. The molecule has 0 fully saturated rings. The van der Waals surface area contributed by atoms with Gasteiger partial charge in [0.25, 0.3) is 0 Å². The Labute approximate surface area is 70.8 Å². The Balaban J connectivity index is 2.45. The van der Waals surface area contributed by atoms with Crippen molar-refractivity contribution in [3.8, 4) is 11.3 Å². The van der Waals surface area contributed by atoms with E-state index in [1.54, 1.807) is 0 Å². The summed E-state index contributed by atoms with van der Waals surface area (Å²) in [5.41, 5.74) is 1.81. The van der Waals surface area contributed by atoms with Gasteiger partial charge in [-0.05, 0) is 6.92 Å². The maximum atomic E-state index is 4.91. The first-order chi connectivity index (χ1) is 5.86. The van der Waals surface area contributed by atoms with E-state index in [1.165, 1.54) is 0 Å². The molecule has 0 spiro atoms. The fraction of sp³-hybridized carbons (Fsp3) is 0.100. The molecule has 2 aromatic rings. The molecule has 1 aromatic heterocycles. The van der Waals surface area contributed by atoms with Gasteiger partial charge in [-0.1, -0.05) is 35.5 Å². The number of hydrogen-bond donors (Lipinski definition) is 0. The van der Waals surface area contributed by atoms with Crippen molar-refractivity contribution in [3.05, 3.63) is 42.2 Å². The summed E-state index contributed by atoms with van der Waals surface area (Å²) in [6.45, 7) is 1.83. The third-order valence-corrected chi connectivity index (χ3v) is 1.62. The average Bonchev–Trinajstić information content (AvgIpc) is 2.54. The Bertz CT molecular complexity index is 364. The topological polar surface area (TPSA) is 26.0 Å². The molecular weight excluding hydrogens is 150 g/mol. The maximum Gasteiger partial charge on any atom is 0.142 e. The Morgan fingerprint density at radius 2 is 2.00 bits per heavy atom. The molecule has 0 aliphatic carbocycles. The predicted octanol–water partition coefficient (Wildman–Crippen LogP) is 2.45. The van der Waals surface area contributed by atoms with Gasteiger partial charge in [0, 0.05) is 5.56 Å². The molecule has 0 saturated heterocycles. The molecule has 12 heavy (non-hydrogen) atoms. The van der Waals surface area contributed by atoms with Crippen LogP contribution in [0.1, 0.15) is 5.76 Å². The van der Waals surface area contributed by atoms with E-state index in [4.69, 9.17) is 4.52 Å². The van der Waals surface area contributed by atoms with Crippen molar-refractivity contribution in [1.29, 1.82) is 0 Å². The normalized spacial score (nSPS) is 10.1. The number of hydrogen-bond acceptors (Lipinski definition) is 2. The molecule has 0 saturated carbocycles. The average molecular weight is 158 g/mol. The van der Waals surface area contributed by atoms with Gasteiger partial charge in [0.1, 0.15) is 11.5 Å². The molecule has 2 heteroatoms. The van der Waals surface area contributed by atoms with Crippen molar-refractivity contribution < 1.29 is 4.52 Å². The van der Waals surface area contributed by atoms with E-state index in [1.807, 2.05) is 37.3 Å². The minimum atomic E-state index is 0.717. The Hall–Kier alpha value is -1.57. The van der Waals surface area contributed by atoms with Gasteiger partial charge in [0.15, 0.2) is 0 Å². The first-order valence-corrected chi connectivity index (χ1v) is 3.77. The summed E-state index contributed by atoms with van der Waals surface area (Å²) in [5, 5.41) is 3.86. The molecule has 0 amide bonds. The van der Waals surface area contributed by atoms with Gasteiger partial charge >= 0.3 is 0 Å². The molecular formula is C10H8NO. The highest BCUT2D eigenvalue weighted by molar-refractivity contribution is 5.57. The second kappa shape index (κ2) is 2.81. The Kier molecular flexibility index (Phi) is 1.67. The van der Waals surface area contributed by atoms with Crippen LogP contribution in [0.25, 0.3) is 11.3 Å². The highest BCUT2D eigenvalue weighted by atomic mass is 16.5. The summed E-state index contributed by atoms with van der Waals surface area (Å²) in [6, 6.07) is 12.9. The number of nitrogens with zero attached hydrogens (tertiary/aromatic N) is 1. The van der Waals surface area contributed by atoms with Crippen LogP contribution in [0.3, 0.4) is 0 Å². The van der Waals surface area contributed by atoms with Crippen LogP contribution in [0.15, 0.2) is 34.9 Å². The first kappa shape index (κ1) is 7.10. The van der Waals surface area contributed by atoms with Gasteiger partial charge in [0.2, 0.25) is 0 Å². The molecule has 0 unspecified atom stereocenters. The van der Waals surface area contributed by atoms with E-state index < -0.39 is 0 Å². The van der Waals surface area contributed by atoms with Gasteiger partial charge in [-0.25, -0.2) is 0 Å². The van der Waals surface area contributed by atoms with Crippen molar-refractivity contribution in [2.45, 2.75) is 6.92 Å². The van der Waals surface area contributed by atoms with E-state index in [2.05, 4.69) is 11.2 Å². The quantitative estimate of drug-likeness (QED) is 0.637. The van der Waals surface area contributed by atoms with Gasteiger partial charge < -0.3 is 4.52 Å². The van der Waals surface area contributed by atoms with Crippen LogP contribution in [-0.2, 0) is 0 Å². The first-order valence-electron chi connectivity index (χ1n) is 3.77. The highest BCUT2D eigenvalue weighted by Crippen LogP contribution is 2.16. The van der Waals surface area contributed by atoms with Crippen molar-refractivity contribution in [3.63, 3.8) is 0 Å². The van der Waals surface area contributed by atoms with Crippen molar-refractivity contribution in [2.24, 2.45) is 0 Å². The SMILES string of the molecule is Cc1[c]c(-c2ccccc2)no1. The molecule has 0 bridgehead atoms. The molecule has 2 nitrogen and oxygen atoms in total. The van der Waals surface area contributed by atoms with Crippen LogP contribution >= 0.6 is 0 Å². The van der Waals surface area contributed by atoms with E-state index in [0.29, 0.717) is 5.76 Å². The lowest BCUT2D eigenvalue weighted by molar-refractivity contribution is 0.399. The summed E-state index contributed by atoms with van der Waals surface area (Å²) >= 11 is 0. The second-order valence-electron chi connectivity index (χ2n) is 2.58. The summed E-state index contributed by atoms with van der Waals surface area (Å²) in [4.78, 5) is 0. The van der Waals surface area contributed by atoms with E-state index in [0.717, 1.165) is 11.3 Å². The van der Waals surface area contributed by atoms with Crippen LogP contribution in [0.4, 0.5) is 0 Å². The summed E-state index contributed by atoms with van der Waals surface area (Å²) in [7, 11) is 0. The number of aromatic nitrogens is 1. The van der Waals surface area contributed by atoms with Crippen LogP contribution in [-0.4, -0.2) is 5.16 Å². The van der Waals surface area contributed by atoms with E-state index >= 15 is 0 Å². The molecule has 0 N–H and O–H groups in total. The standard InChI is InChI=1S/C10H8NO/c1-8-7-10(11-12-8)9-5-3-2-4-6-9/h2-6H,1H3. The van der Waals surface area contributed by atoms with E-state index in [9.17, 15) is 0 Å². The Morgan fingerprint density at radius 1 is 1.25 bits per heavy atom. The lowest BCUT2D eigenvalue weighted by atomic mass is 10.1. The third-order valence-electron chi connectivity index (χ3n) is 1.62. The maximum absolute atomic E-state index is 4.91. The molecule has 0 aliphatic rings. The van der Waals surface area contributed by atoms with Gasteiger partial charge in [-0.2, -0.15) is 0 Å². The molecule has 0 atom stereocenters. The summed E-state index contributed by atoms with van der Waals surface area (Å²) in [6.07, 6.45) is 0. The third kappa shape index (κ3) is 1.23. The second-order valence-corrected chi connectivity index (χ2v) is 2.58. The summed E-state index contributed by atoms with van der Waals surface area (Å²) < 4.78 is 4.91.